The van der Waals surface area contributed by atoms with E-state index >= 15 is 0 Å². The Labute approximate surface area is 157 Å². The third kappa shape index (κ3) is 4.54. The Balaban J connectivity index is 2.31. The number of rotatable bonds is 5. The van der Waals surface area contributed by atoms with Gasteiger partial charge in [-0.1, -0.05) is 31.5 Å². The maximum Gasteiger partial charge on any atom is 0.316 e. The predicted molar refractivity (Wildman–Crippen MR) is 102 cm³/mol. The molecule has 1 unspecified atom stereocenters. The summed E-state index contributed by atoms with van der Waals surface area (Å²) in [6.07, 6.45) is 2.30. The summed E-state index contributed by atoms with van der Waals surface area (Å²) in [5, 5.41) is 0. The molecule has 0 amide bonds. The van der Waals surface area contributed by atoms with Gasteiger partial charge in [0.25, 0.3) is 0 Å². The van der Waals surface area contributed by atoms with Gasteiger partial charge in [0.05, 0.1) is 16.4 Å². The predicted octanol–water partition coefficient (Wildman–Crippen LogP) is 3.89. The summed E-state index contributed by atoms with van der Waals surface area (Å²) in [6.45, 7) is 11.5. The maximum atomic E-state index is 13.1. The van der Waals surface area contributed by atoms with Gasteiger partial charge in [0.1, 0.15) is 5.76 Å². The van der Waals surface area contributed by atoms with E-state index < -0.39 is 21.5 Å². The van der Waals surface area contributed by atoms with E-state index in [2.05, 4.69) is 0 Å². The molecule has 26 heavy (non-hydrogen) atoms. The van der Waals surface area contributed by atoms with E-state index in [9.17, 15) is 13.2 Å². The number of ether oxygens (including phenoxy) is 1. The van der Waals surface area contributed by atoms with Crippen LogP contribution in [0.3, 0.4) is 0 Å². The van der Waals surface area contributed by atoms with E-state index in [-0.39, 0.29) is 23.3 Å². The summed E-state index contributed by atoms with van der Waals surface area (Å²) in [5.41, 5.74) is 0.356. The monoisotopic (exact) mass is 379 g/mol. The molecule has 6 heteroatoms. The van der Waals surface area contributed by atoms with Crippen LogP contribution in [0.15, 0.2) is 41.0 Å². The van der Waals surface area contributed by atoms with Gasteiger partial charge in [-0.25, -0.2) is 8.42 Å². The van der Waals surface area contributed by atoms with Gasteiger partial charge in [-0.05, 0) is 58.2 Å². The number of esters is 1. The molecule has 0 bridgehead atoms. The third-order valence-corrected chi connectivity index (χ3v) is 6.18. The van der Waals surface area contributed by atoms with Crippen molar-refractivity contribution >= 4 is 16.0 Å². The zero-order valence-electron chi connectivity index (χ0n) is 16.4. The molecule has 0 aliphatic carbocycles. The van der Waals surface area contributed by atoms with Gasteiger partial charge in [0, 0.05) is 6.54 Å². The van der Waals surface area contributed by atoms with Crippen LogP contribution in [-0.4, -0.2) is 31.3 Å². The van der Waals surface area contributed by atoms with Crippen molar-refractivity contribution < 1.29 is 17.9 Å². The molecule has 0 fully saturated rings. The van der Waals surface area contributed by atoms with Crippen LogP contribution in [0.25, 0.3) is 0 Å². The highest BCUT2D eigenvalue weighted by Gasteiger charge is 2.40. The van der Waals surface area contributed by atoms with Crippen molar-refractivity contribution in [2.45, 2.75) is 58.9 Å². The van der Waals surface area contributed by atoms with E-state index in [0.29, 0.717) is 12.2 Å². The van der Waals surface area contributed by atoms with Gasteiger partial charge in [0.2, 0.25) is 10.0 Å². The lowest BCUT2D eigenvalue weighted by molar-refractivity contribution is -0.149. The molecular formula is C20H29NO4S. The third-order valence-electron chi connectivity index (χ3n) is 4.29. The number of hydrogen-bond donors (Lipinski definition) is 0. The van der Waals surface area contributed by atoms with Gasteiger partial charge in [0.15, 0.2) is 0 Å². The number of aryl methyl sites for hydroxylation is 1. The molecular weight excluding hydrogens is 350 g/mol. The summed E-state index contributed by atoms with van der Waals surface area (Å²) in [6, 6.07) is 6.35. The van der Waals surface area contributed by atoms with Crippen LogP contribution in [0.5, 0.6) is 0 Å². The van der Waals surface area contributed by atoms with Gasteiger partial charge < -0.3 is 4.74 Å². The Morgan fingerprint density at radius 3 is 2.31 bits per heavy atom. The quantitative estimate of drug-likeness (QED) is 0.728. The smallest absolute Gasteiger partial charge is 0.316 e. The fraction of sp³-hybridized carbons (Fsp3) is 0.550. The summed E-state index contributed by atoms with van der Waals surface area (Å²) in [5.74, 6) is 0.340. The minimum absolute atomic E-state index is 0.209. The lowest BCUT2D eigenvalue weighted by Gasteiger charge is -2.28. The van der Waals surface area contributed by atoms with E-state index in [4.69, 9.17) is 4.74 Å². The van der Waals surface area contributed by atoms with Crippen LogP contribution in [0, 0.1) is 18.3 Å². The number of carbonyl (C=O) groups excluding carboxylic acids is 1. The maximum absolute atomic E-state index is 13.1. The number of sulfonamides is 1. The van der Waals surface area contributed by atoms with Crippen LogP contribution in [-0.2, 0) is 19.6 Å². The highest BCUT2D eigenvalue weighted by atomic mass is 32.2. The Bertz CT molecular complexity index is 786. The summed E-state index contributed by atoms with van der Waals surface area (Å²) in [7, 11) is -3.66. The summed E-state index contributed by atoms with van der Waals surface area (Å²) >= 11 is 0. The largest absolute Gasteiger partial charge is 0.429 e. The molecule has 1 aliphatic heterocycles. The molecule has 5 nitrogen and oxygen atoms in total. The number of nitrogens with zero attached hydrogens (tertiary/aromatic N) is 1. The molecule has 1 atom stereocenters. The van der Waals surface area contributed by atoms with Crippen molar-refractivity contribution in [3.63, 3.8) is 0 Å². The Hall–Kier alpha value is -1.66. The second kappa shape index (κ2) is 7.53. The fourth-order valence-corrected chi connectivity index (χ4v) is 4.29. The van der Waals surface area contributed by atoms with Gasteiger partial charge in [-0.2, -0.15) is 4.31 Å². The normalized spacial score (nSPS) is 18.9. The Morgan fingerprint density at radius 1 is 1.23 bits per heavy atom. The first-order valence-corrected chi connectivity index (χ1v) is 10.4. The minimum Gasteiger partial charge on any atom is -0.429 e. The van der Waals surface area contributed by atoms with Gasteiger partial charge in [-0.3, -0.25) is 4.79 Å². The molecule has 1 heterocycles. The summed E-state index contributed by atoms with van der Waals surface area (Å²) < 4.78 is 33.3. The lowest BCUT2D eigenvalue weighted by Crippen LogP contribution is -2.39. The van der Waals surface area contributed by atoms with Gasteiger partial charge >= 0.3 is 5.97 Å². The van der Waals surface area contributed by atoms with Crippen LogP contribution in [0.1, 0.15) is 46.6 Å². The molecule has 0 radical (unpaired) electrons. The van der Waals surface area contributed by atoms with Crippen molar-refractivity contribution in [1.29, 1.82) is 0 Å². The average molecular weight is 380 g/mol. The minimum atomic E-state index is -3.66. The van der Waals surface area contributed by atoms with Crippen molar-refractivity contribution in [2.24, 2.45) is 11.3 Å². The molecule has 144 valence electrons. The van der Waals surface area contributed by atoms with Crippen LogP contribution < -0.4 is 0 Å². The zero-order valence-corrected chi connectivity index (χ0v) is 17.3. The standard InChI is InChI=1S/C20H29NO4S/c1-14(2)13-17-18(25-19(22)20(4,5)6)11-12-21(17)26(23,24)16-9-7-15(3)8-10-16/h7-11,14,17H,12-13H2,1-6H3. The Morgan fingerprint density at radius 2 is 1.81 bits per heavy atom. The first kappa shape index (κ1) is 20.6. The highest BCUT2D eigenvalue weighted by Crippen LogP contribution is 2.32. The number of hydrogen-bond acceptors (Lipinski definition) is 4. The van der Waals surface area contributed by atoms with Crippen molar-refractivity contribution in [3.8, 4) is 0 Å². The Kier molecular flexibility index (Phi) is 5.98. The molecule has 0 saturated carbocycles. The molecule has 1 aliphatic rings. The lowest BCUT2D eigenvalue weighted by atomic mass is 9.97. The van der Waals surface area contributed by atoms with E-state index in [1.54, 1.807) is 51.1 Å². The molecule has 1 aromatic rings. The highest BCUT2D eigenvalue weighted by molar-refractivity contribution is 7.89. The first-order chi connectivity index (χ1) is 11.9. The molecule has 0 spiro atoms. The first-order valence-electron chi connectivity index (χ1n) is 8.93. The van der Waals surface area contributed by atoms with Gasteiger partial charge in [-0.15, -0.1) is 0 Å². The van der Waals surface area contributed by atoms with Crippen molar-refractivity contribution in [3.05, 3.63) is 41.7 Å². The second-order valence-electron chi connectivity index (χ2n) is 8.28. The molecule has 0 N–H and O–H groups in total. The van der Waals surface area contributed by atoms with Crippen molar-refractivity contribution in [2.75, 3.05) is 6.54 Å². The molecule has 0 aromatic heterocycles. The molecule has 2 rings (SSSR count). The van der Waals surface area contributed by atoms with E-state index in [1.807, 2.05) is 20.8 Å². The average Bonchev–Trinajstić information content (AvgIpc) is 2.89. The topological polar surface area (TPSA) is 63.7 Å². The zero-order chi connectivity index (χ0) is 19.7. The number of benzene rings is 1. The SMILES string of the molecule is Cc1ccc(S(=O)(=O)N2CC=C(OC(=O)C(C)(C)C)C2CC(C)C)cc1. The number of carbonyl (C=O) groups is 1. The van der Waals surface area contributed by atoms with Crippen LogP contribution in [0.4, 0.5) is 0 Å². The van der Waals surface area contributed by atoms with Crippen LogP contribution >= 0.6 is 0 Å². The fourth-order valence-electron chi connectivity index (χ4n) is 2.75. The molecule has 1 aromatic carbocycles. The van der Waals surface area contributed by atoms with E-state index in [0.717, 1.165) is 5.56 Å². The van der Waals surface area contributed by atoms with Crippen LogP contribution in [0.2, 0.25) is 0 Å². The molecule has 0 saturated heterocycles. The van der Waals surface area contributed by atoms with Crippen molar-refractivity contribution in [1.82, 2.24) is 4.31 Å². The second-order valence-corrected chi connectivity index (χ2v) is 10.2. The summed E-state index contributed by atoms with van der Waals surface area (Å²) in [4.78, 5) is 12.5. The van der Waals surface area contributed by atoms with E-state index in [1.165, 1.54) is 4.31 Å².